The maximum absolute atomic E-state index is 14.6. The Morgan fingerprint density at radius 2 is 1.63 bits per heavy atom. The van der Waals surface area contributed by atoms with Gasteiger partial charge in [0.05, 0.1) is 44.0 Å². The second-order valence-electron chi connectivity index (χ2n) is 20.2. The number of rotatable bonds is 10. The molecule has 6 rings (SSSR count). The number of carbonyl (C=O) groups is 3. The SMILES string of the molecule is COC(=O)[C@@]1(OCCOC(=O)[C@]23CC[C@@H](C)[C@H](C)[C@@H]2C2=CC[C@@H]4[C@@]5(C)CC[C@H](O)C(C)(C)[C@@H]5CC[C@@]4(C)[C@]2(C)CC3)C[C@H](O)[C@@H](NC(C)=O)[C@H]([C@H](O)[C@H](O)CO)O1. The molecule has 0 unspecified atom stereocenters. The largest absolute Gasteiger partial charge is 0.465 e. The summed E-state index contributed by atoms with van der Waals surface area (Å²) in [7, 11) is 1.10. The summed E-state index contributed by atoms with van der Waals surface area (Å²) in [5.74, 6) is -2.56. The smallest absolute Gasteiger partial charge is 0.366 e. The van der Waals surface area contributed by atoms with E-state index in [9.17, 15) is 39.9 Å². The minimum absolute atomic E-state index is 0.00508. The van der Waals surface area contributed by atoms with Crippen LogP contribution in [0, 0.1) is 56.7 Å². The number of amides is 1. The van der Waals surface area contributed by atoms with Crippen LogP contribution >= 0.6 is 0 Å². The topological polar surface area (TPSA) is 201 Å². The molecule has 0 aromatic carbocycles. The number of ether oxygens (including phenoxy) is 4. The van der Waals surface area contributed by atoms with Gasteiger partial charge in [0.2, 0.25) is 5.91 Å². The minimum Gasteiger partial charge on any atom is -0.465 e. The van der Waals surface area contributed by atoms with E-state index in [0.29, 0.717) is 30.6 Å². The molecule has 1 heterocycles. The van der Waals surface area contributed by atoms with E-state index in [0.717, 1.165) is 52.1 Å². The van der Waals surface area contributed by atoms with E-state index >= 15 is 0 Å². The van der Waals surface area contributed by atoms with Crippen LogP contribution in [0.1, 0.15) is 120 Å². The molecule has 13 heteroatoms. The normalized spacial score (nSPS) is 46.1. The maximum Gasteiger partial charge on any atom is 0.366 e. The van der Waals surface area contributed by atoms with E-state index in [1.165, 1.54) is 12.5 Å². The summed E-state index contributed by atoms with van der Waals surface area (Å²) in [5.41, 5.74) is 0.600. The summed E-state index contributed by atoms with van der Waals surface area (Å²) in [6.45, 7) is 16.4. The van der Waals surface area contributed by atoms with Gasteiger partial charge in [-0.15, -0.1) is 0 Å². The van der Waals surface area contributed by atoms with E-state index in [2.05, 4.69) is 59.9 Å². The predicted molar refractivity (Wildman–Crippen MR) is 209 cm³/mol. The number of aliphatic hydroxyl groups is 5. The molecule has 0 radical (unpaired) electrons. The van der Waals surface area contributed by atoms with Crippen molar-refractivity contribution in [3.63, 3.8) is 0 Å². The summed E-state index contributed by atoms with van der Waals surface area (Å²) >= 11 is 0. The van der Waals surface area contributed by atoms with E-state index in [4.69, 9.17) is 18.9 Å². The zero-order chi connectivity index (χ0) is 42.1. The number of hydrogen-bond donors (Lipinski definition) is 6. The minimum atomic E-state index is -2.28. The number of fused-ring (bicyclic) bond motifs is 7. The molecule has 5 aliphatic carbocycles. The molecular weight excluding hydrogens is 734 g/mol. The highest BCUT2D eigenvalue weighted by Gasteiger charge is 2.70. The zero-order valence-electron chi connectivity index (χ0n) is 35.7. The van der Waals surface area contributed by atoms with Gasteiger partial charge in [-0.2, -0.15) is 0 Å². The van der Waals surface area contributed by atoms with Crippen molar-refractivity contribution in [2.45, 2.75) is 162 Å². The Labute approximate surface area is 338 Å². The van der Waals surface area contributed by atoms with Crippen molar-refractivity contribution in [1.82, 2.24) is 5.32 Å². The first-order chi connectivity index (χ1) is 26.6. The molecule has 6 N–H and O–H groups in total. The summed E-state index contributed by atoms with van der Waals surface area (Å²) in [6.07, 6.45) is 3.29. The highest BCUT2D eigenvalue weighted by atomic mass is 16.7. The summed E-state index contributed by atoms with van der Waals surface area (Å²) in [4.78, 5) is 39.9. The van der Waals surface area contributed by atoms with Crippen LogP contribution in [0.25, 0.3) is 0 Å². The molecule has 13 nitrogen and oxygen atoms in total. The van der Waals surface area contributed by atoms with Crippen molar-refractivity contribution in [3.05, 3.63) is 11.6 Å². The Balaban J connectivity index is 1.23. The average Bonchev–Trinajstić information content (AvgIpc) is 3.16. The van der Waals surface area contributed by atoms with Gasteiger partial charge in [0.1, 0.15) is 24.9 Å². The van der Waals surface area contributed by atoms with Gasteiger partial charge < -0.3 is 49.8 Å². The number of nitrogens with one attached hydrogen (secondary N) is 1. The maximum atomic E-state index is 14.6. The molecule has 16 atom stereocenters. The lowest BCUT2D eigenvalue weighted by Gasteiger charge is -2.71. The van der Waals surface area contributed by atoms with Gasteiger partial charge in [-0.25, -0.2) is 4.79 Å². The van der Waals surface area contributed by atoms with Crippen LogP contribution in [0.5, 0.6) is 0 Å². The van der Waals surface area contributed by atoms with Crippen molar-refractivity contribution in [1.29, 1.82) is 0 Å². The van der Waals surface area contributed by atoms with Crippen molar-refractivity contribution in [2.24, 2.45) is 56.7 Å². The summed E-state index contributed by atoms with van der Waals surface area (Å²) in [5, 5.41) is 55.4. The van der Waals surface area contributed by atoms with E-state index < -0.39 is 66.6 Å². The van der Waals surface area contributed by atoms with Crippen LogP contribution in [-0.4, -0.2) is 113 Å². The first kappa shape index (κ1) is 44.4. The summed E-state index contributed by atoms with van der Waals surface area (Å²) in [6, 6.07) is -1.26. The van der Waals surface area contributed by atoms with Crippen LogP contribution in [0.3, 0.4) is 0 Å². The highest BCUT2D eigenvalue weighted by molar-refractivity contribution is 5.79. The molecule has 1 aliphatic heterocycles. The number of methoxy groups -OCH3 is 1. The van der Waals surface area contributed by atoms with Crippen LogP contribution in [-0.2, 0) is 33.3 Å². The van der Waals surface area contributed by atoms with Crippen LogP contribution < -0.4 is 5.32 Å². The number of aliphatic hydroxyl groups excluding tert-OH is 5. The number of allylic oxidation sites excluding steroid dienone is 2. The second kappa shape index (κ2) is 15.7. The van der Waals surface area contributed by atoms with Gasteiger partial charge in [-0.05, 0) is 109 Å². The van der Waals surface area contributed by atoms with Crippen LogP contribution in [0.2, 0.25) is 0 Å². The Morgan fingerprint density at radius 3 is 2.28 bits per heavy atom. The molecule has 57 heavy (non-hydrogen) atoms. The lowest BCUT2D eigenvalue weighted by atomic mass is 9.33. The first-order valence-corrected chi connectivity index (χ1v) is 21.5. The fraction of sp³-hybridized carbons (Fsp3) is 0.886. The summed E-state index contributed by atoms with van der Waals surface area (Å²) < 4.78 is 23.0. The van der Waals surface area contributed by atoms with E-state index in [-0.39, 0.29) is 58.8 Å². The van der Waals surface area contributed by atoms with Gasteiger partial charge >= 0.3 is 11.9 Å². The molecule has 324 valence electrons. The molecule has 0 spiro atoms. The van der Waals surface area contributed by atoms with Gasteiger partial charge in [0.25, 0.3) is 5.79 Å². The lowest BCUT2D eigenvalue weighted by molar-refractivity contribution is -0.313. The highest BCUT2D eigenvalue weighted by Crippen LogP contribution is 2.75. The molecule has 1 amide bonds. The fourth-order valence-corrected chi connectivity index (χ4v) is 13.7. The Kier molecular flexibility index (Phi) is 12.3. The van der Waals surface area contributed by atoms with Gasteiger partial charge in [-0.1, -0.05) is 60.1 Å². The van der Waals surface area contributed by atoms with E-state index in [1.807, 2.05) is 0 Å². The number of esters is 2. The average molecular weight is 806 g/mol. The van der Waals surface area contributed by atoms with Crippen molar-refractivity contribution >= 4 is 17.8 Å². The molecular formula is C44H71NO12. The molecule has 6 aliphatic rings. The standard InChI is InChI=1S/C44H71NO12/c1-24-12-17-43(37(52)55-20-21-56-44(38(53)54-9)22-28(48)34(45-26(3)47)36(57-44)35(51)29(49)23-46)19-18-41(7)27(33(43)25(24)2)10-11-31-40(6)15-14-32(50)39(4,5)30(40)13-16-42(31,41)8/h10,24-25,28-36,46,48-51H,11-23H2,1-9H3,(H,45,47)/t24-,25+,28+,29-,30+,31-,32+,33-,34-,35-,36-,40+,41-,42-,43+,44-/m1/s1. The van der Waals surface area contributed by atoms with E-state index in [1.54, 1.807) is 0 Å². The van der Waals surface area contributed by atoms with Gasteiger partial charge in [0.15, 0.2) is 0 Å². The van der Waals surface area contributed by atoms with Crippen molar-refractivity contribution in [3.8, 4) is 0 Å². The first-order valence-electron chi connectivity index (χ1n) is 21.5. The van der Waals surface area contributed by atoms with Gasteiger partial charge in [-0.3, -0.25) is 9.59 Å². The van der Waals surface area contributed by atoms with Crippen molar-refractivity contribution in [2.75, 3.05) is 26.9 Å². The Morgan fingerprint density at radius 1 is 0.930 bits per heavy atom. The molecule has 0 aromatic rings. The molecule has 5 fully saturated rings. The number of hydrogen-bond acceptors (Lipinski definition) is 12. The lowest BCUT2D eigenvalue weighted by Crippen LogP contribution is -2.68. The predicted octanol–water partition coefficient (Wildman–Crippen LogP) is 3.80. The zero-order valence-corrected chi connectivity index (χ0v) is 35.7. The fourth-order valence-electron chi connectivity index (χ4n) is 13.7. The monoisotopic (exact) mass is 805 g/mol. The van der Waals surface area contributed by atoms with Crippen LogP contribution in [0.15, 0.2) is 11.6 Å². The molecule has 0 aromatic heterocycles. The molecule has 0 bridgehead atoms. The van der Waals surface area contributed by atoms with Gasteiger partial charge in [0, 0.05) is 13.3 Å². The second-order valence-corrected chi connectivity index (χ2v) is 20.2. The molecule has 1 saturated heterocycles. The van der Waals surface area contributed by atoms with Crippen LogP contribution in [0.4, 0.5) is 0 Å². The number of carbonyl (C=O) groups excluding carboxylic acids is 3. The quantitative estimate of drug-likeness (QED) is 0.106. The third kappa shape index (κ3) is 6.91. The third-order valence-corrected chi connectivity index (χ3v) is 17.4. The van der Waals surface area contributed by atoms with Crippen molar-refractivity contribution < 1.29 is 58.9 Å². The molecule has 4 saturated carbocycles. The Bertz CT molecular complexity index is 1570. The third-order valence-electron chi connectivity index (χ3n) is 17.4. The Hall–Kier alpha value is -2.13.